The number of rotatable bonds is 7. The molecule has 0 aliphatic rings. The normalized spacial score (nSPS) is 12.4. The number of hydrogen-bond donors (Lipinski definition) is 1. The fraction of sp³-hybridized carbons (Fsp3) is 0.0417. The second-order valence-electron chi connectivity index (χ2n) is 6.59. The molecule has 0 saturated heterocycles. The molecule has 0 amide bonds. The Kier molecular flexibility index (Phi) is 5.86. The molecule has 0 saturated carbocycles. The first-order valence-corrected chi connectivity index (χ1v) is 11.9. The Balaban J connectivity index is 1.82. The van der Waals surface area contributed by atoms with Crippen LogP contribution in [0.4, 0.5) is 0 Å². The summed E-state index contributed by atoms with van der Waals surface area (Å²) in [5.41, 5.74) is 0.589. The lowest BCUT2D eigenvalue weighted by atomic mass is 10.0. The van der Waals surface area contributed by atoms with Gasteiger partial charge in [0.1, 0.15) is 6.04 Å². The van der Waals surface area contributed by atoms with Crippen LogP contribution in [0, 0.1) is 0 Å². The van der Waals surface area contributed by atoms with Crippen LogP contribution in [0.2, 0.25) is 0 Å². The van der Waals surface area contributed by atoms with Gasteiger partial charge in [0, 0.05) is 21.0 Å². The first-order chi connectivity index (χ1) is 14.2. The van der Waals surface area contributed by atoms with E-state index in [1.165, 1.54) is 11.3 Å². The molecule has 0 fully saturated rings. The van der Waals surface area contributed by atoms with Crippen molar-refractivity contribution < 1.29 is 9.36 Å². The van der Waals surface area contributed by atoms with Gasteiger partial charge in [-0.1, -0.05) is 72.8 Å². The molecule has 4 aromatic rings. The molecule has 1 heterocycles. The Bertz CT molecular complexity index is 1070. The number of Topliss-reactive ketones (excluding diaryl/α,β-unsaturated/α-hetero) is 1. The Morgan fingerprint density at radius 1 is 0.724 bits per heavy atom. The fourth-order valence-electron chi connectivity index (χ4n) is 3.23. The van der Waals surface area contributed by atoms with Crippen LogP contribution < -0.4 is 15.7 Å². The molecule has 0 aliphatic carbocycles. The van der Waals surface area contributed by atoms with Crippen LogP contribution in [0.5, 0.6) is 0 Å². The number of carbonyl (C=O) groups excluding carboxylic acids is 1. The van der Waals surface area contributed by atoms with Gasteiger partial charge in [-0.15, -0.1) is 11.3 Å². The van der Waals surface area contributed by atoms with Crippen molar-refractivity contribution in [2.75, 3.05) is 0 Å². The van der Waals surface area contributed by atoms with E-state index < -0.39 is 13.3 Å². The summed E-state index contributed by atoms with van der Waals surface area (Å²) in [5, 5.41) is 6.56. The van der Waals surface area contributed by atoms with Gasteiger partial charge < -0.3 is 0 Å². The van der Waals surface area contributed by atoms with E-state index >= 15 is 0 Å². The first kappa shape index (κ1) is 19.5. The van der Waals surface area contributed by atoms with Gasteiger partial charge in [-0.25, -0.2) is 5.09 Å². The molecular formula is C24H20NO2PS. The van der Waals surface area contributed by atoms with E-state index in [2.05, 4.69) is 5.09 Å². The maximum atomic E-state index is 14.4. The quantitative estimate of drug-likeness (QED) is 0.332. The molecule has 5 heteroatoms. The van der Waals surface area contributed by atoms with Gasteiger partial charge in [0.15, 0.2) is 5.78 Å². The predicted molar refractivity (Wildman–Crippen MR) is 121 cm³/mol. The van der Waals surface area contributed by atoms with Gasteiger partial charge >= 0.3 is 0 Å². The maximum Gasteiger partial charge on any atom is 0.205 e. The van der Waals surface area contributed by atoms with Crippen molar-refractivity contribution in [3.63, 3.8) is 0 Å². The molecule has 1 atom stereocenters. The van der Waals surface area contributed by atoms with Crippen molar-refractivity contribution in [2.24, 2.45) is 0 Å². The van der Waals surface area contributed by atoms with Crippen LogP contribution >= 0.6 is 18.6 Å². The van der Waals surface area contributed by atoms with Crippen molar-refractivity contribution in [3.8, 4) is 0 Å². The maximum absolute atomic E-state index is 14.4. The van der Waals surface area contributed by atoms with E-state index in [1.54, 1.807) is 12.1 Å². The Morgan fingerprint density at radius 2 is 1.24 bits per heavy atom. The zero-order chi connectivity index (χ0) is 20.1. The number of hydrogen-bond acceptors (Lipinski definition) is 3. The molecule has 1 N–H and O–H groups in total. The minimum Gasteiger partial charge on any atom is -0.296 e. The highest BCUT2D eigenvalue weighted by molar-refractivity contribution is 7.77. The molecule has 0 spiro atoms. The lowest BCUT2D eigenvalue weighted by molar-refractivity contribution is 0.0955. The number of ketones is 1. The Morgan fingerprint density at radius 3 is 1.72 bits per heavy atom. The highest BCUT2D eigenvalue weighted by Crippen LogP contribution is 2.43. The second-order valence-corrected chi connectivity index (χ2v) is 10.1. The summed E-state index contributed by atoms with van der Waals surface area (Å²) in [6, 6.07) is 30.9. The third kappa shape index (κ3) is 4.15. The van der Waals surface area contributed by atoms with E-state index in [0.717, 1.165) is 4.88 Å². The average Bonchev–Trinajstić information content (AvgIpc) is 3.33. The van der Waals surface area contributed by atoms with E-state index in [1.807, 2.05) is 96.4 Å². The van der Waals surface area contributed by atoms with Crippen LogP contribution in [0.3, 0.4) is 0 Å². The summed E-state index contributed by atoms with van der Waals surface area (Å²) in [6.07, 6.45) is 0. The van der Waals surface area contributed by atoms with Crippen molar-refractivity contribution in [1.82, 2.24) is 5.09 Å². The van der Waals surface area contributed by atoms with E-state index in [4.69, 9.17) is 0 Å². The van der Waals surface area contributed by atoms with Gasteiger partial charge in [0.2, 0.25) is 7.29 Å². The molecule has 0 aliphatic heterocycles. The van der Waals surface area contributed by atoms with Gasteiger partial charge in [0.25, 0.3) is 0 Å². The van der Waals surface area contributed by atoms with Crippen molar-refractivity contribution in [1.29, 1.82) is 0 Å². The van der Waals surface area contributed by atoms with E-state index in [-0.39, 0.29) is 5.78 Å². The topological polar surface area (TPSA) is 46.2 Å². The number of nitrogens with one attached hydrogen (secondary N) is 1. The first-order valence-electron chi connectivity index (χ1n) is 9.30. The summed E-state index contributed by atoms with van der Waals surface area (Å²) in [6.45, 7) is 0. The summed E-state index contributed by atoms with van der Waals surface area (Å²) >= 11 is 1.48. The largest absolute Gasteiger partial charge is 0.296 e. The molecular weight excluding hydrogens is 397 g/mol. The summed E-state index contributed by atoms with van der Waals surface area (Å²) in [5.74, 6) is -0.0971. The van der Waals surface area contributed by atoms with Crippen LogP contribution in [-0.4, -0.2) is 5.78 Å². The Hall–Kier alpha value is -2.78. The third-order valence-electron chi connectivity index (χ3n) is 4.70. The zero-order valence-corrected chi connectivity index (χ0v) is 17.4. The third-order valence-corrected chi connectivity index (χ3v) is 8.31. The van der Waals surface area contributed by atoms with Crippen LogP contribution in [0.1, 0.15) is 21.3 Å². The molecule has 0 radical (unpaired) electrons. The monoisotopic (exact) mass is 417 g/mol. The van der Waals surface area contributed by atoms with Gasteiger partial charge in [-0.05, 0) is 35.7 Å². The number of carbonyl (C=O) groups is 1. The minimum atomic E-state index is -3.26. The zero-order valence-electron chi connectivity index (χ0n) is 15.6. The average molecular weight is 417 g/mol. The van der Waals surface area contributed by atoms with Crippen molar-refractivity contribution >= 4 is 35.0 Å². The molecule has 4 rings (SSSR count). The molecule has 3 aromatic carbocycles. The summed E-state index contributed by atoms with van der Waals surface area (Å²) < 4.78 is 14.4. The summed E-state index contributed by atoms with van der Waals surface area (Å²) in [7, 11) is -3.26. The minimum absolute atomic E-state index is 0.0971. The SMILES string of the molecule is O=C(c1ccccc1)C(NP(=O)(c1ccccc1)c1ccccc1)c1cccs1. The standard InChI is InChI=1S/C24H20NO2PS/c26-24(19-11-4-1-5-12-19)23(22-17-10-18-29-22)25-28(27,20-13-6-2-7-14-20)21-15-8-3-9-16-21/h1-18,23H,(H,25,27). The predicted octanol–water partition coefficient (Wildman–Crippen LogP) is 5.19. The lowest BCUT2D eigenvalue weighted by Gasteiger charge is -2.26. The van der Waals surface area contributed by atoms with Gasteiger partial charge in [0.05, 0.1) is 0 Å². The van der Waals surface area contributed by atoms with Crippen LogP contribution in [0.15, 0.2) is 109 Å². The molecule has 29 heavy (non-hydrogen) atoms. The second kappa shape index (κ2) is 8.71. The fourth-order valence-corrected chi connectivity index (χ4v) is 6.49. The van der Waals surface area contributed by atoms with Crippen molar-refractivity contribution in [3.05, 3.63) is 119 Å². The van der Waals surface area contributed by atoms with E-state index in [9.17, 15) is 9.36 Å². The van der Waals surface area contributed by atoms with Crippen LogP contribution in [-0.2, 0) is 4.57 Å². The molecule has 3 nitrogen and oxygen atoms in total. The van der Waals surface area contributed by atoms with E-state index in [0.29, 0.717) is 16.2 Å². The highest BCUT2D eigenvalue weighted by atomic mass is 32.1. The molecule has 0 bridgehead atoms. The number of thiophene rings is 1. The number of benzene rings is 3. The van der Waals surface area contributed by atoms with Gasteiger partial charge in [-0.2, -0.15) is 0 Å². The molecule has 144 valence electrons. The highest BCUT2D eigenvalue weighted by Gasteiger charge is 2.34. The lowest BCUT2D eigenvalue weighted by Crippen LogP contribution is -2.34. The van der Waals surface area contributed by atoms with Gasteiger partial charge in [-0.3, -0.25) is 9.36 Å². The van der Waals surface area contributed by atoms with Crippen LogP contribution in [0.25, 0.3) is 0 Å². The smallest absolute Gasteiger partial charge is 0.205 e. The molecule has 1 aromatic heterocycles. The molecule has 1 unspecified atom stereocenters. The van der Waals surface area contributed by atoms with Crippen molar-refractivity contribution in [2.45, 2.75) is 6.04 Å². The Labute approximate surface area is 174 Å². The summed E-state index contributed by atoms with van der Waals surface area (Å²) in [4.78, 5) is 14.2.